The number of aliphatic hydroxyl groups excluding tert-OH is 3. The highest BCUT2D eigenvalue weighted by Crippen LogP contribution is 2.70. The highest BCUT2D eigenvalue weighted by atomic mass is 16.7. The molecule has 4 saturated carbocycles. The third-order valence-corrected chi connectivity index (χ3v) is 17.2. The standard InChI is InChI=1S/C47H75NO14/c1-26-24-48(17-8-6-7-9-38(52)53)18-14-40(57-26)61-43-27(2)59-42(23-36(43)50)62-44-28(3)58-41(22-35(44)49)60-31-12-15-45(4)30(20-31)10-11-33-34(45)21-37(51)46(5)32(13-16-47(33,46)55)29-19-39(54)56-25-29/h19,26-28,30-37,40-44,49-51,55H,6-18,20-25H2,1-5H3,(H,52,53)/t26-,27-,28-,30-,31+,32-,33-,34+,35+,36+,37-,40+,41+,42+,43-,44-,45+,46+,47+/m1/s1. The maximum atomic E-state index is 12.6. The Morgan fingerprint density at radius 3 is 2.16 bits per heavy atom. The number of nitrogens with zero attached hydrogens (tertiary/aromatic N) is 1. The van der Waals surface area contributed by atoms with Crippen LogP contribution < -0.4 is 0 Å². The molecule has 5 N–H and O–H groups in total. The Morgan fingerprint density at radius 1 is 0.806 bits per heavy atom. The Kier molecular flexibility index (Phi) is 14.2. The summed E-state index contributed by atoms with van der Waals surface area (Å²) in [5.41, 5.74) is -0.882. The number of carboxylic acid groups (broad SMARTS) is 1. The summed E-state index contributed by atoms with van der Waals surface area (Å²) < 4.78 is 43.3. The van der Waals surface area contributed by atoms with Crippen LogP contribution in [-0.4, -0.2) is 148 Å². The van der Waals surface area contributed by atoms with Crippen molar-refractivity contribution in [3.63, 3.8) is 0 Å². The number of fused-ring (bicyclic) bond motifs is 5. The molecule has 0 amide bonds. The molecular weight excluding hydrogens is 803 g/mol. The SMILES string of the molecule is C[C@@H]1CN(CCCCCC(=O)O)CC[C@H](O[C@H]2[C@@H](O)C[C@H](O[C@H]3[C@@H](O)C[C@H](O[C@H]4CC[C@@]5(C)[C@H](CC[C@@H]6[C@@H]5C[C@@H](O)[C@]5(C)[C@@H](C7=CC(=O)OC7)CC[C@]65O)C4)O[C@@H]3C)O[C@@H]2C)O1. The third-order valence-electron chi connectivity index (χ3n) is 17.2. The molecule has 0 aromatic carbocycles. The highest BCUT2D eigenvalue weighted by Gasteiger charge is 2.71. The first-order valence-electron chi connectivity index (χ1n) is 24.0. The first-order chi connectivity index (χ1) is 29.5. The van der Waals surface area contributed by atoms with E-state index in [9.17, 15) is 30.0 Å². The summed E-state index contributed by atoms with van der Waals surface area (Å²) in [6, 6.07) is 0. The van der Waals surface area contributed by atoms with Crippen LogP contribution in [-0.2, 0) is 42.7 Å². The van der Waals surface area contributed by atoms with Crippen LogP contribution in [0.5, 0.6) is 0 Å². The molecule has 0 spiro atoms. The molecule has 15 heteroatoms. The number of aliphatic hydroxyl groups is 4. The molecule has 0 aromatic heterocycles. The first kappa shape index (κ1) is 46.8. The van der Waals surface area contributed by atoms with Gasteiger partial charge in [0.15, 0.2) is 18.9 Å². The lowest BCUT2D eigenvalue weighted by atomic mass is 9.42. The maximum Gasteiger partial charge on any atom is 0.331 e. The van der Waals surface area contributed by atoms with Gasteiger partial charge in [-0.2, -0.15) is 0 Å². The zero-order chi connectivity index (χ0) is 44.1. The van der Waals surface area contributed by atoms with E-state index in [1.807, 2.05) is 27.7 Å². The molecule has 4 heterocycles. The normalized spacial score (nSPS) is 48.7. The zero-order valence-corrected chi connectivity index (χ0v) is 37.6. The number of carboxylic acids is 1. The van der Waals surface area contributed by atoms with Crippen LogP contribution in [0.1, 0.15) is 131 Å². The van der Waals surface area contributed by atoms with Gasteiger partial charge in [-0.1, -0.05) is 20.3 Å². The minimum absolute atomic E-state index is 0.0374. The Hall–Kier alpha value is -1.76. The van der Waals surface area contributed by atoms with Crippen LogP contribution >= 0.6 is 0 Å². The Bertz CT molecular complexity index is 1590. The van der Waals surface area contributed by atoms with E-state index >= 15 is 0 Å². The summed E-state index contributed by atoms with van der Waals surface area (Å²) in [5, 5.41) is 56.1. The van der Waals surface area contributed by atoms with E-state index in [0.29, 0.717) is 31.6 Å². The number of ether oxygens (including phenoxy) is 7. The van der Waals surface area contributed by atoms with Gasteiger partial charge in [0, 0.05) is 50.3 Å². The topological polar surface area (TPSA) is 203 Å². The van der Waals surface area contributed by atoms with Gasteiger partial charge < -0.3 is 63.6 Å². The molecular formula is C47H75NO14. The molecule has 3 saturated heterocycles. The number of cyclic esters (lactones) is 1. The predicted molar refractivity (Wildman–Crippen MR) is 223 cm³/mol. The molecule has 0 radical (unpaired) electrons. The number of esters is 1. The van der Waals surface area contributed by atoms with E-state index in [1.165, 1.54) is 0 Å². The van der Waals surface area contributed by atoms with Crippen molar-refractivity contribution in [2.45, 2.75) is 210 Å². The van der Waals surface area contributed by atoms with Crippen LogP contribution in [0.4, 0.5) is 0 Å². The Balaban J connectivity index is 0.793. The van der Waals surface area contributed by atoms with Crippen LogP contribution in [0.3, 0.4) is 0 Å². The second-order valence-electron chi connectivity index (χ2n) is 20.9. The molecule has 19 atom stereocenters. The molecule has 15 nitrogen and oxygen atoms in total. The maximum absolute atomic E-state index is 12.6. The summed E-state index contributed by atoms with van der Waals surface area (Å²) in [4.78, 5) is 25.1. The molecule has 4 aliphatic carbocycles. The number of carbonyl (C=O) groups excluding carboxylic acids is 1. The smallest absolute Gasteiger partial charge is 0.331 e. The van der Waals surface area contributed by atoms with E-state index in [1.54, 1.807) is 6.08 Å². The van der Waals surface area contributed by atoms with Gasteiger partial charge in [0.1, 0.15) is 18.8 Å². The molecule has 0 bridgehead atoms. The number of unbranched alkanes of at least 4 members (excludes halogenated alkanes) is 2. The molecule has 62 heavy (non-hydrogen) atoms. The zero-order valence-electron chi connectivity index (χ0n) is 37.6. The van der Waals surface area contributed by atoms with Crippen molar-refractivity contribution >= 4 is 11.9 Å². The number of rotatable bonds is 13. The average molecular weight is 878 g/mol. The molecule has 7 fully saturated rings. The van der Waals surface area contributed by atoms with E-state index in [-0.39, 0.29) is 67.2 Å². The monoisotopic (exact) mass is 878 g/mol. The van der Waals surface area contributed by atoms with Gasteiger partial charge in [0.2, 0.25) is 0 Å². The van der Waals surface area contributed by atoms with Crippen molar-refractivity contribution < 1.29 is 68.3 Å². The van der Waals surface area contributed by atoms with E-state index in [4.69, 9.17) is 38.3 Å². The quantitative estimate of drug-likeness (QED) is 0.0987. The van der Waals surface area contributed by atoms with E-state index in [0.717, 1.165) is 76.6 Å². The van der Waals surface area contributed by atoms with Crippen molar-refractivity contribution in [1.29, 1.82) is 0 Å². The van der Waals surface area contributed by atoms with Crippen LogP contribution in [0.2, 0.25) is 0 Å². The van der Waals surface area contributed by atoms with Gasteiger partial charge in [-0.15, -0.1) is 0 Å². The second kappa shape index (κ2) is 18.9. The molecule has 352 valence electrons. The molecule has 8 rings (SSSR count). The van der Waals surface area contributed by atoms with Gasteiger partial charge >= 0.3 is 11.9 Å². The van der Waals surface area contributed by atoms with E-state index < -0.39 is 78.6 Å². The van der Waals surface area contributed by atoms with Gasteiger partial charge in [-0.25, -0.2) is 4.79 Å². The number of hydrogen-bond donors (Lipinski definition) is 5. The van der Waals surface area contributed by atoms with Crippen molar-refractivity contribution in [2.75, 3.05) is 26.2 Å². The van der Waals surface area contributed by atoms with Crippen molar-refractivity contribution in [3.8, 4) is 0 Å². The van der Waals surface area contributed by atoms with Crippen molar-refractivity contribution in [3.05, 3.63) is 11.6 Å². The van der Waals surface area contributed by atoms with Crippen LogP contribution in [0.25, 0.3) is 0 Å². The van der Waals surface area contributed by atoms with Gasteiger partial charge in [-0.3, -0.25) is 4.79 Å². The predicted octanol–water partition coefficient (Wildman–Crippen LogP) is 4.44. The van der Waals surface area contributed by atoms with Gasteiger partial charge in [0.25, 0.3) is 0 Å². The lowest BCUT2D eigenvalue weighted by Gasteiger charge is -2.65. The fourth-order valence-corrected chi connectivity index (χ4v) is 13.9. The fourth-order valence-electron chi connectivity index (χ4n) is 13.9. The largest absolute Gasteiger partial charge is 0.481 e. The number of carbonyl (C=O) groups is 2. The average Bonchev–Trinajstić information content (AvgIpc) is 3.70. The van der Waals surface area contributed by atoms with Crippen molar-refractivity contribution in [1.82, 2.24) is 4.90 Å². The van der Waals surface area contributed by atoms with Gasteiger partial charge in [-0.05, 0) is 126 Å². The molecule has 0 aromatic rings. The number of hydrogen-bond acceptors (Lipinski definition) is 14. The highest BCUT2D eigenvalue weighted by molar-refractivity contribution is 5.85. The second-order valence-corrected chi connectivity index (χ2v) is 20.9. The summed E-state index contributed by atoms with van der Waals surface area (Å²) >= 11 is 0. The Labute approximate surface area is 367 Å². The molecule has 4 aliphatic heterocycles. The van der Waals surface area contributed by atoms with E-state index in [2.05, 4.69) is 11.8 Å². The lowest BCUT2D eigenvalue weighted by Crippen LogP contribution is -2.67. The van der Waals surface area contributed by atoms with Crippen LogP contribution in [0.15, 0.2) is 11.6 Å². The molecule has 8 aliphatic rings. The van der Waals surface area contributed by atoms with Crippen LogP contribution in [0, 0.1) is 34.5 Å². The van der Waals surface area contributed by atoms with Gasteiger partial charge in [0.05, 0.1) is 48.3 Å². The summed E-state index contributed by atoms with van der Waals surface area (Å²) in [6.45, 7) is 12.8. The minimum atomic E-state index is -1.01. The summed E-state index contributed by atoms with van der Waals surface area (Å²) in [7, 11) is 0. The number of aliphatic carboxylic acids is 1. The van der Waals surface area contributed by atoms with Crippen molar-refractivity contribution in [2.24, 2.45) is 34.5 Å². The first-order valence-corrected chi connectivity index (χ1v) is 24.0. The minimum Gasteiger partial charge on any atom is -0.481 e. The Morgan fingerprint density at radius 2 is 1.50 bits per heavy atom. The lowest BCUT2D eigenvalue weighted by molar-refractivity contribution is -0.329. The fraction of sp³-hybridized carbons (Fsp3) is 0.915. The molecule has 0 unspecified atom stereocenters. The summed E-state index contributed by atoms with van der Waals surface area (Å²) in [5.74, 6) is -0.537. The third kappa shape index (κ3) is 9.17. The summed E-state index contributed by atoms with van der Waals surface area (Å²) in [6.07, 6.45) is 5.13.